The first-order chi connectivity index (χ1) is 9.08. The van der Waals surface area contributed by atoms with E-state index >= 15 is 0 Å². The van der Waals surface area contributed by atoms with Crippen LogP contribution in [0.25, 0.3) is 0 Å². The molecule has 1 aliphatic carbocycles. The highest BCUT2D eigenvalue weighted by atomic mass is 19.3. The van der Waals surface area contributed by atoms with E-state index in [1.165, 1.54) is 11.1 Å². The van der Waals surface area contributed by atoms with Crippen molar-refractivity contribution >= 4 is 0 Å². The van der Waals surface area contributed by atoms with E-state index in [9.17, 15) is 8.78 Å². The van der Waals surface area contributed by atoms with Crippen LogP contribution >= 0.6 is 0 Å². The fourth-order valence-electron chi connectivity index (χ4n) is 2.83. The Morgan fingerprint density at radius 2 is 2.16 bits per heavy atom. The molecule has 2 aliphatic rings. The molecule has 0 unspecified atom stereocenters. The molecule has 1 saturated carbocycles. The summed E-state index contributed by atoms with van der Waals surface area (Å²) in [5.74, 6) is -1.85. The summed E-state index contributed by atoms with van der Waals surface area (Å²) in [7, 11) is 1.67. The SMILES string of the molecule is COc1ccc2c(c1)CCN(CC[C@@H]1CC1(F)F)C2. The molecule has 2 nitrogen and oxygen atoms in total. The number of fused-ring (bicyclic) bond motifs is 1. The van der Waals surface area contributed by atoms with E-state index in [0.717, 1.165) is 31.8 Å². The number of hydrogen-bond acceptors (Lipinski definition) is 2. The lowest BCUT2D eigenvalue weighted by Gasteiger charge is -2.29. The second-order valence-electron chi connectivity index (χ2n) is 5.61. The minimum absolute atomic E-state index is 0.0919. The van der Waals surface area contributed by atoms with Crippen LogP contribution in [0.2, 0.25) is 0 Å². The van der Waals surface area contributed by atoms with Gasteiger partial charge in [-0.2, -0.15) is 0 Å². The zero-order valence-corrected chi connectivity index (χ0v) is 11.2. The standard InChI is InChI=1S/C15H19F2NO/c1-19-14-3-2-12-10-18(6-4-11(12)8-14)7-5-13-9-15(13,16)17/h2-3,8,13H,4-7,9-10H2,1H3/t13-/m1/s1. The highest BCUT2D eigenvalue weighted by Gasteiger charge is 2.56. The molecule has 0 spiro atoms. The lowest BCUT2D eigenvalue weighted by Crippen LogP contribution is -2.31. The molecule has 1 atom stereocenters. The van der Waals surface area contributed by atoms with Crippen molar-refractivity contribution in [2.45, 2.75) is 31.7 Å². The third-order valence-corrected chi connectivity index (χ3v) is 4.25. The molecule has 1 aromatic rings. The Morgan fingerprint density at radius 3 is 2.84 bits per heavy atom. The van der Waals surface area contributed by atoms with Gasteiger partial charge in [-0.25, -0.2) is 8.78 Å². The normalized spacial score (nSPS) is 24.9. The Labute approximate surface area is 112 Å². The molecule has 0 bridgehead atoms. The van der Waals surface area contributed by atoms with Crippen LogP contribution in [0.15, 0.2) is 18.2 Å². The van der Waals surface area contributed by atoms with E-state index in [0.29, 0.717) is 6.42 Å². The maximum absolute atomic E-state index is 12.8. The van der Waals surface area contributed by atoms with Crippen LogP contribution in [0, 0.1) is 5.92 Å². The topological polar surface area (TPSA) is 12.5 Å². The summed E-state index contributed by atoms with van der Waals surface area (Å²) < 4.78 is 30.9. The van der Waals surface area contributed by atoms with Gasteiger partial charge in [-0.15, -0.1) is 0 Å². The molecular formula is C15H19F2NO. The zero-order valence-electron chi connectivity index (χ0n) is 11.2. The largest absolute Gasteiger partial charge is 0.497 e. The smallest absolute Gasteiger partial charge is 0.251 e. The number of halogens is 2. The summed E-state index contributed by atoms with van der Waals surface area (Å²) in [6.07, 6.45) is 1.70. The molecule has 1 aliphatic heterocycles. The Bertz CT molecular complexity index is 475. The predicted octanol–water partition coefficient (Wildman–Crippen LogP) is 3.10. The Balaban J connectivity index is 1.57. The van der Waals surface area contributed by atoms with Crippen molar-refractivity contribution in [3.8, 4) is 5.75 Å². The van der Waals surface area contributed by atoms with Gasteiger partial charge < -0.3 is 4.74 Å². The van der Waals surface area contributed by atoms with Gasteiger partial charge in [-0.3, -0.25) is 4.90 Å². The highest BCUT2D eigenvalue weighted by Crippen LogP contribution is 2.50. The van der Waals surface area contributed by atoms with Crippen molar-refractivity contribution in [2.75, 3.05) is 20.2 Å². The van der Waals surface area contributed by atoms with Gasteiger partial charge in [0.1, 0.15) is 5.75 Å². The first kappa shape index (κ1) is 12.9. The third-order valence-electron chi connectivity index (χ3n) is 4.25. The first-order valence-corrected chi connectivity index (χ1v) is 6.84. The van der Waals surface area contributed by atoms with Gasteiger partial charge in [-0.1, -0.05) is 6.07 Å². The summed E-state index contributed by atoms with van der Waals surface area (Å²) in [6.45, 7) is 2.61. The molecule has 0 amide bonds. The minimum atomic E-state index is -2.37. The molecule has 19 heavy (non-hydrogen) atoms. The number of benzene rings is 1. The molecule has 3 rings (SSSR count). The first-order valence-electron chi connectivity index (χ1n) is 6.84. The molecule has 1 heterocycles. The van der Waals surface area contributed by atoms with E-state index in [4.69, 9.17) is 4.74 Å². The molecule has 104 valence electrons. The van der Waals surface area contributed by atoms with Crippen LogP contribution in [0.4, 0.5) is 8.78 Å². The van der Waals surface area contributed by atoms with Gasteiger partial charge in [0.05, 0.1) is 7.11 Å². The molecule has 0 aromatic heterocycles. The lowest BCUT2D eigenvalue weighted by atomic mass is 9.99. The van der Waals surface area contributed by atoms with Gasteiger partial charge >= 0.3 is 0 Å². The third kappa shape index (κ3) is 2.73. The Hall–Kier alpha value is -1.16. The fourth-order valence-corrected chi connectivity index (χ4v) is 2.83. The summed E-state index contributed by atoms with van der Waals surface area (Å²) in [6, 6.07) is 6.14. The zero-order chi connectivity index (χ0) is 13.5. The predicted molar refractivity (Wildman–Crippen MR) is 69.6 cm³/mol. The molecule has 0 saturated heterocycles. The van der Waals surface area contributed by atoms with Crippen molar-refractivity contribution in [3.63, 3.8) is 0 Å². The maximum Gasteiger partial charge on any atom is 0.251 e. The number of hydrogen-bond donors (Lipinski definition) is 0. The second-order valence-corrected chi connectivity index (χ2v) is 5.61. The van der Waals surface area contributed by atoms with Gasteiger partial charge in [0.2, 0.25) is 0 Å². The van der Waals surface area contributed by atoms with Crippen molar-refractivity contribution < 1.29 is 13.5 Å². The molecule has 1 aromatic carbocycles. The number of alkyl halides is 2. The van der Waals surface area contributed by atoms with Crippen molar-refractivity contribution in [1.29, 1.82) is 0 Å². The van der Waals surface area contributed by atoms with Crippen LogP contribution < -0.4 is 4.74 Å². The fraction of sp³-hybridized carbons (Fsp3) is 0.600. The second kappa shape index (κ2) is 4.75. The molecular weight excluding hydrogens is 248 g/mol. The van der Waals surface area contributed by atoms with Crippen molar-refractivity contribution in [3.05, 3.63) is 29.3 Å². The van der Waals surface area contributed by atoms with E-state index in [-0.39, 0.29) is 12.3 Å². The van der Waals surface area contributed by atoms with E-state index in [1.807, 2.05) is 6.07 Å². The molecule has 0 radical (unpaired) electrons. The average molecular weight is 267 g/mol. The quantitative estimate of drug-likeness (QED) is 0.831. The van der Waals surface area contributed by atoms with Gasteiger partial charge in [0.15, 0.2) is 0 Å². The van der Waals surface area contributed by atoms with E-state index < -0.39 is 5.92 Å². The van der Waals surface area contributed by atoms with E-state index in [2.05, 4.69) is 17.0 Å². The highest BCUT2D eigenvalue weighted by molar-refractivity contribution is 5.37. The van der Waals surface area contributed by atoms with E-state index in [1.54, 1.807) is 7.11 Å². The Kier molecular flexibility index (Phi) is 3.21. The number of ether oxygens (including phenoxy) is 1. The van der Waals surface area contributed by atoms with Gasteiger partial charge in [0.25, 0.3) is 5.92 Å². The summed E-state index contributed by atoms with van der Waals surface area (Å²) in [5, 5.41) is 0. The monoisotopic (exact) mass is 267 g/mol. The summed E-state index contributed by atoms with van der Waals surface area (Å²) in [5.41, 5.74) is 2.63. The van der Waals surface area contributed by atoms with Crippen LogP contribution in [0.3, 0.4) is 0 Å². The average Bonchev–Trinajstić information content (AvgIpc) is 3.03. The van der Waals surface area contributed by atoms with Crippen molar-refractivity contribution in [2.24, 2.45) is 5.92 Å². The van der Waals surface area contributed by atoms with Crippen molar-refractivity contribution in [1.82, 2.24) is 4.90 Å². The van der Waals surface area contributed by atoms with Crippen LogP contribution in [0.1, 0.15) is 24.0 Å². The van der Waals surface area contributed by atoms with Gasteiger partial charge in [0, 0.05) is 25.4 Å². The van der Waals surface area contributed by atoms with Crippen LogP contribution in [0.5, 0.6) is 5.75 Å². The molecule has 0 N–H and O–H groups in total. The minimum Gasteiger partial charge on any atom is -0.497 e. The lowest BCUT2D eigenvalue weighted by molar-refractivity contribution is 0.0930. The van der Waals surface area contributed by atoms with Crippen LogP contribution in [-0.4, -0.2) is 31.0 Å². The number of nitrogens with zero attached hydrogens (tertiary/aromatic N) is 1. The number of rotatable bonds is 4. The summed E-state index contributed by atoms with van der Waals surface area (Å²) in [4.78, 5) is 2.28. The Morgan fingerprint density at radius 1 is 1.37 bits per heavy atom. The maximum atomic E-state index is 12.8. The molecule has 4 heteroatoms. The molecule has 1 fully saturated rings. The number of methoxy groups -OCH3 is 1. The van der Waals surface area contributed by atoms with Crippen LogP contribution in [-0.2, 0) is 13.0 Å². The van der Waals surface area contributed by atoms with Gasteiger partial charge in [-0.05, 0) is 42.6 Å². The summed E-state index contributed by atoms with van der Waals surface area (Å²) >= 11 is 0.